The maximum Gasteiger partial charge on any atom is 0.322 e. The summed E-state index contributed by atoms with van der Waals surface area (Å²) in [7, 11) is 0. The van der Waals surface area contributed by atoms with Gasteiger partial charge in [0.1, 0.15) is 0 Å². The molecule has 0 aliphatic rings. The molecule has 3 aromatic heterocycles. The fraction of sp³-hybridized carbons (Fsp3) is 0.0833. The van der Waals surface area contributed by atoms with E-state index in [4.69, 9.17) is 4.42 Å². The van der Waals surface area contributed by atoms with Crippen molar-refractivity contribution < 1.29 is 9.21 Å². The Morgan fingerprint density at radius 1 is 1.35 bits per heavy atom. The molecular weight excluding hydrogens is 362 g/mol. The molecule has 8 heteroatoms. The number of carbonyl (C=O) groups is 1. The Bertz CT molecular complexity index is 721. The molecule has 5 nitrogen and oxygen atoms in total. The van der Waals surface area contributed by atoms with E-state index in [0.717, 1.165) is 13.5 Å². The zero-order valence-corrected chi connectivity index (χ0v) is 13.2. The third-order valence-corrected chi connectivity index (χ3v) is 4.86. The topological polar surface area (TPSA) is 68.0 Å². The molecule has 1 amide bonds. The van der Waals surface area contributed by atoms with E-state index in [1.54, 1.807) is 0 Å². The van der Waals surface area contributed by atoms with Gasteiger partial charge in [-0.1, -0.05) is 11.2 Å². The zero-order valence-electron chi connectivity index (χ0n) is 10.00. The Balaban J connectivity index is 1.66. The van der Waals surface area contributed by atoms with Crippen molar-refractivity contribution in [1.82, 2.24) is 10.2 Å². The minimum absolute atomic E-state index is 0.117. The molecule has 0 saturated heterocycles. The van der Waals surface area contributed by atoms with Gasteiger partial charge in [-0.2, -0.15) is 0 Å². The van der Waals surface area contributed by atoms with Crippen molar-refractivity contribution in [2.24, 2.45) is 0 Å². The number of thiophene rings is 2. The van der Waals surface area contributed by atoms with Crippen molar-refractivity contribution in [2.45, 2.75) is 6.42 Å². The fourth-order valence-electron chi connectivity index (χ4n) is 1.54. The molecule has 0 bridgehead atoms. The maximum absolute atomic E-state index is 11.8. The highest BCUT2D eigenvalue weighted by atomic mass is 79.9. The summed E-state index contributed by atoms with van der Waals surface area (Å²) in [5, 5.41) is 12.3. The van der Waals surface area contributed by atoms with Gasteiger partial charge in [-0.05, 0) is 39.5 Å². The molecule has 0 fully saturated rings. The Hall–Kier alpha value is -1.51. The van der Waals surface area contributed by atoms with Gasteiger partial charge in [-0.25, -0.2) is 0 Å². The molecule has 0 aliphatic carbocycles. The van der Waals surface area contributed by atoms with E-state index in [0.29, 0.717) is 12.3 Å². The van der Waals surface area contributed by atoms with E-state index in [1.807, 2.05) is 29.6 Å². The molecule has 20 heavy (non-hydrogen) atoms. The summed E-state index contributed by atoms with van der Waals surface area (Å²) in [6.45, 7) is 0. The van der Waals surface area contributed by atoms with Crippen LogP contribution in [0.5, 0.6) is 0 Å². The number of nitrogens with one attached hydrogen (secondary N) is 1. The van der Waals surface area contributed by atoms with Gasteiger partial charge in [0, 0.05) is 4.88 Å². The Labute approximate surface area is 130 Å². The molecule has 0 radical (unpaired) electrons. The molecule has 0 atom stereocenters. The first-order valence-corrected chi connectivity index (χ1v) is 8.11. The van der Waals surface area contributed by atoms with Gasteiger partial charge < -0.3 is 4.42 Å². The van der Waals surface area contributed by atoms with Gasteiger partial charge in [0.25, 0.3) is 5.89 Å². The molecule has 1 N–H and O–H groups in total. The van der Waals surface area contributed by atoms with Crippen LogP contribution in [0.3, 0.4) is 0 Å². The molecule has 3 rings (SSSR count). The Kier molecular flexibility index (Phi) is 3.95. The van der Waals surface area contributed by atoms with Crippen LogP contribution in [0.15, 0.2) is 37.8 Å². The highest BCUT2D eigenvalue weighted by Crippen LogP contribution is 2.30. The SMILES string of the molecule is O=C(Cc1cccs1)Nc1nnc(-c2ccc(Br)s2)o1. The van der Waals surface area contributed by atoms with Crippen LogP contribution >= 0.6 is 38.6 Å². The first-order chi connectivity index (χ1) is 9.70. The van der Waals surface area contributed by atoms with Gasteiger partial charge >= 0.3 is 6.01 Å². The van der Waals surface area contributed by atoms with Gasteiger partial charge in [0.2, 0.25) is 5.91 Å². The van der Waals surface area contributed by atoms with E-state index in [2.05, 4.69) is 31.4 Å². The minimum atomic E-state index is -0.171. The highest BCUT2D eigenvalue weighted by molar-refractivity contribution is 9.11. The molecule has 0 spiro atoms. The average Bonchev–Trinajstić information content (AvgIpc) is 3.10. The summed E-state index contributed by atoms with van der Waals surface area (Å²) in [5.41, 5.74) is 0. The van der Waals surface area contributed by atoms with Crippen LogP contribution in [-0.2, 0) is 11.2 Å². The smallest absolute Gasteiger partial charge is 0.322 e. The predicted molar refractivity (Wildman–Crippen MR) is 82.0 cm³/mol. The van der Waals surface area contributed by atoms with Crippen molar-refractivity contribution in [3.8, 4) is 10.8 Å². The number of nitrogens with zero attached hydrogens (tertiary/aromatic N) is 2. The lowest BCUT2D eigenvalue weighted by atomic mass is 10.3. The fourth-order valence-corrected chi connectivity index (χ4v) is 3.55. The largest absolute Gasteiger partial charge is 0.402 e. The second-order valence-corrected chi connectivity index (χ2v) is 7.32. The standard InChI is InChI=1S/C12H8BrN3O2S2/c13-9-4-3-8(20-9)11-15-16-12(18-11)14-10(17)6-7-2-1-5-19-7/h1-5H,6H2,(H,14,16,17). The highest BCUT2D eigenvalue weighted by Gasteiger charge is 2.13. The zero-order chi connectivity index (χ0) is 13.9. The van der Waals surface area contributed by atoms with Crippen LogP contribution in [0.4, 0.5) is 6.01 Å². The lowest BCUT2D eigenvalue weighted by Crippen LogP contribution is -2.13. The molecular formula is C12H8BrN3O2S2. The molecule has 0 unspecified atom stereocenters. The van der Waals surface area contributed by atoms with Crippen molar-refractivity contribution in [1.29, 1.82) is 0 Å². The van der Waals surface area contributed by atoms with Crippen LogP contribution < -0.4 is 5.32 Å². The molecule has 0 saturated carbocycles. The summed E-state index contributed by atoms with van der Waals surface area (Å²) in [4.78, 5) is 13.6. The lowest BCUT2D eigenvalue weighted by Gasteiger charge is -1.97. The van der Waals surface area contributed by atoms with Crippen molar-refractivity contribution in [3.63, 3.8) is 0 Å². The number of hydrogen-bond donors (Lipinski definition) is 1. The molecule has 102 valence electrons. The van der Waals surface area contributed by atoms with Crippen molar-refractivity contribution >= 4 is 50.5 Å². The maximum atomic E-state index is 11.8. The van der Waals surface area contributed by atoms with Crippen LogP contribution in [0.1, 0.15) is 4.88 Å². The number of aromatic nitrogens is 2. The second kappa shape index (κ2) is 5.86. The normalized spacial score (nSPS) is 10.7. The van der Waals surface area contributed by atoms with Crippen molar-refractivity contribution in [3.05, 3.63) is 38.3 Å². The Morgan fingerprint density at radius 3 is 2.95 bits per heavy atom. The lowest BCUT2D eigenvalue weighted by molar-refractivity contribution is -0.115. The summed E-state index contributed by atoms with van der Waals surface area (Å²) < 4.78 is 6.39. The quantitative estimate of drug-likeness (QED) is 0.759. The summed E-state index contributed by atoms with van der Waals surface area (Å²) in [6.07, 6.45) is 0.305. The molecule has 3 aromatic rings. The number of hydrogen-bond acceptors (Lipinski definition) is 6. The monoisotopic (exact) mass is 369 g/mol. The second-order valence-electron chi connectivity index (χ2n) is 3.82. The van der Waals surface area contributed by atoms with Crippen molar-refractivity contribution in [2.75, 3.05) is 5.32 Å². The van der Waals surface area contributed by atoms with E-state index < -0.39 is 0 Å². The number of halogens is 1. The van der Waals surface area contributed by atoms with E-state index in [-0.39, 0.29) is 11.9 Å². The predicted octanol–water partition coefficient (Wildman–Crippen LogP) is 3.80. The summed E-state index contributed by atoms with van der Waals surface area (Å²) >= 11 is 6.39. The van der Waals surface area contributed by atoms with E-state index in [1.165, 1.54) is 22.7 Å². The van der Waals surface area contributed by atoms with Gasteiger partial charge in [-0.3, -0.25) is 10.1 Å². The summed E-state index contributed by atoms with van der Waals surface area (Å²) in [6, 6.07) is 7.71. The number of carbonyl (C=O) groups excluding carboxylic acids is 1. The third kappa shape index (κ3) is 3.14. The average molecular weight is 370 g/mol. The van der Waals surface area contributed by atoms with E-state index >= 15 is 0 Å². The number of rotatable bonds is 4. The van der Waals surface area contributed by atoms with Gasteiger partial charge in [-0.15, -0.1) is 27.8 Å². The number of anilines is 1. The summed E-state index contributed by atoms with van der Waals surface area (Å²) in [5.74, 6) is 0.224. The van der Waals surface area contributed by atoms with Crippen LogP contribution in [0.25, 0.3) is 10.8 Å². The van der Waals surface area contributed by atoms with Gasteiger partial charge in [0.05, 0.1) is 15.1 Å². The van der Waals surface area contributed by atoms with Crippen LogP contribution in [0, 0.1) is 0 Å². The molecule has 3 heterocycles. The van der Waals surface area contributed by atoms with Gasteiger partial charge in [0.15, 0.2) is 0 Å². The van der Waals surface area contributed by atoms with Crippen LogP contribution in [0.2, 0.25) is 0 Å². The first-order valence-electron chi connectivity index (χ1n) is 5.62. The first kappa shape index (κ1) is 13.5. The number of amides is 1. The molecule has 0 aromatic carbocycles. The molecule has 0 aliphatic heterocycles. The third-order valence-electron chi connectivity index (χ3n) is 2.37. The van der Waals surface area contributed by atoms with E-state index in [9.17, 15) is 4.79 Å². The van der Waals surface area contributed by atoms with Crippen LogP contribution in [-0.4, -0.2) is 16.1 Å². The minimum Gasteiger partial charge on any atom is -0.402 e. The Morgan fingerprint density at radius 2 is 2.25 bits per heavy atom.